The van der Waals surface area contributed by atoms with Crippen LogP contribution in [-0.4, -0.2) is 24.1 Å². The Kier molecular flexibility index (Phi) is 4.38. The first-order chi connectivity index (χ1) is 8.66. The van der Waals surface area contributed by atoms with Crippen molar-refractivity contribution in [3.63, 3.8) is 0 Å². The minimum Gasteiger partial charge on any atom is -0.485 e. The van der Waals surface area contributed by atoms with Gasteiger partial charge < -0.3 is 10.1 Å². The van der Waals surface area contributed by atoms with E-state index in [2.05, 4.69) is 5.32 Å². The third-order valence-electron chi connectivity index (χ3n) is 2.97. The minimum absolute atomic E-state index is 0.0461. The van der Waals surface area contributed by atoms with Gasteiger partial charge in [0.15, 0.2) is 5.75 Å². The maximum atomic E-state index is 10.9. The summed E-state index contributed by atoms with van der Waals surface area (Å²) in [5.74, 6) is 0.236. The van der Waals surface area contributed by atoms with Crippen LogP contribution in [0.3, 0.4) is 0 Å². The molecule has 0 bridgehead atoms. The van der Waals surface area contributed by atoms with Crippen LogP contribution in [0.15, 0.2) is 18.2 Å². The van der Waals surface area contributed by atoms with Gasteiger partial charge in [0.05, 0.1) is 4.92 Å². The third kappa shape index (κ3) is 3.34. The molecule has 2 rings (SSSR count). The van der Waals surface area contributed by atoms with Gasteiger partial charge in [0.1, 0.15) is 6.61 Å². The SMILES string of the molecule is O=[N+]([O-])c1ccc(Cl)cc1OCC1CCCCN1. The molecule has 1 atom stereocenters. The molecule has 1 saturated heterocycles. The highest BCUT2D eigenvalue weighted by molar-refractivity contribution is 6.30. The van der Waals surface area contributed by atoms with Crippen molar-refractivity contribution < 1.29 is 9.66 Å². The highest BCUT2D eigenvalue weighted by atomic mass is 35.5. The molecule has 1 aliphatic heterocycles. The number of nitro benzene ring substituents is 1. The molecule has 1 aromatic rings. The molecule has 1 fully saturated rings. The van der Waals surface area contributed by atoms with Gasteiger partial charge in [-0.1, -0.05) is 18.0 Å². The van der Waals surface area contributed by atoms with Gasteiger partial charge >= 0.3 is 5.69 Å². The topological polar surface area (TPSA) is 64.4 Å². The minimum atomic E-state index is -0.458. The van der Waals surface area contributed by atoms with Crippen molar-refractivity contribution in [3.05, 3.63) is 33.3 Å². The smallest absolute Gasteiger partial charge is 0.311 e. The lowest BCUT2D eigenvalue weighted by Gasteiger charge is -2.23. The van der Waals surface area contributed by atoms with E-state index in [4.69, 9.17) is 16.3 Å². The first-order valence-electron chi connectivity index (χ1n) is 5.97. The Morgan fingerprint density at radius 1 is 1.50 bits per heavy atom. The van der Waals surface area contributed by atoms with E-state index in [9.17, 15) is 10.1 Å². The zero-order valence-corrected chi connectivity index (χ0v) is 10.7. The number of halogens is 1. The molecule has 5 nitrogen and oxygen atoms in total. The summed E-state index contributed by atoms with van der Waals surface area (Å²) in [6.45, 7) is 1.41. The van der Waals surface area contributed by atoms with Gasteiger partial charge in [0.2, 0.25) is 0 Å². The van der Waals surface area contributed by atoms with Gasteiger partial charge in [0, 0.05) is 23.2 Å². The Bertz CT molecular complexity index is 433. The Hall–Kier alpha value is -1.33. The largest absolute Gasteiger partial charge is 0.485 e. The van der Waals surface area contributed by atoms with E-state index in [1.54, 1.807) is 0 Å². The summed E-state index contributed by atoms with van der Waals surface area (Å²) in [5, 5.41) is 14.6. The molecule has 1 N–H and O–H groups in total. The molecule has 1 unspecified atom stereocenters. The molecular formula is C12H15ClN2O3. The summed E-state index contributed by atoms with van der Waals surface area (Å²) in [7, 11) is 0. The van der Waals surface area contributed by atoms with E-state index in [1.165, 1.54) is 31.0 Å². The molecule has 0 aromatic heterocycles. The molecule has 6 heteroatoms. The van der Waals surface area contributed by atoms with Crippen LogP contribution in [-0.2, 0) is 0 Å². The van der Waals surface area contributed by atoms with Gasteiger partial charge in [-0.15, -0.1) is 0 Å². The van der Waals surface area contributed by atoms with Crippen LogP contribution in [0.2, 0.25) is 5.02 Å². The van der Waals surface area contributed by atoms with Crippen molar-refractivity contribution >= 4 is 17.3 Å². The molecular weight excluding hydrogens is 256 g/mol. The summed E-state index contributed by atoms with van der Waals surface area (Å²) in [5.41, 5.74) is -0.0461. The number of rotatable bonds is 4. The van der Waals surface area contributed by atoms with E-state index in [0.717, 1.165) is 13.0 Å². The molecule has 1 aliphatic rings. The van der Waals surface area contributed by atoms with Crippen molar-refractivity contribution in [2.75, 3.05) is 13.2 Å². The number of piperidine rings is 1. The normalized spacial score (nSPS) is 19.5. The summed E-state index contributed by atoms with van der Waals surface area (Å²) < 4.78 is 5.53. The second-order valence-electron chi connectivity index (χ2n) is 4.33. The van der Waals surface area contributed by atoms with Crippen LogP contribution in [0.1, 0.15) is 19.3 Å². The predicted octanol–water partition coefficient (Wildman–Crippen LogP) is 2.77. The van der Waals surface area contributed by atoms with Crippen molar-refractivity contribution in [2.45, 2.75) is 25.3 Å². The number of nitrogens with zero attached hydrogens (tertiary/aromatic N) is 1. The van der Waals surface area contributed by atoms with Crippen LogP contribution < -0.4 is 10.1 Å². The lowest BCUT2D eigenvalue weighted by atomic mass is 10.1. The monoisotopic (exact) mass is 270 g/mol. The zero-order chi connectivity index (χ0) is 13.0. The highest BCUT2D eigenvalue weighted by Crippen LogP contribution is 2.30. The van der Waals surface area contributed by atoms with Crippen molar-refractivity contribution in [2.24, 2.45) is 0 Å². The van der Waals surface area contributed by atoms with Crippen molar-refractivity contribution in [1.82, 2.24) is 5.32 Å². The lowest BCUT2D eigenvalue weighted by molar-refractivity contribution is -0.385. The van der Waals surface area contributed by atoms with E-state index in [0.29, 0.717) is 11.6 Å². The molecule has 0 saturated carbocycles. The van der Waals surface area contributed by atoms with Gasteiger partial charge in [0.25, 0.3) is 0 Å². The van der Waals surface area contributed by atoms with Gasteiger partial charge in [-0.3, -0.25) is 10.1 Å². The van der Waals surface area contributed by atoms with Gasteiger partial charge in [-0.2, -0.15) is 0 Å². The number of hydrogen-bond acceptors (Lipinski definition) is 4. The number of nitro groups is 1. The fraction of sp³-hybridized carbons (Fsp3) is 0.500. The van der Waals surface area contributed by atoms with Crippen LogP contribution in [0, 0.1) is 10.1 Å². The Labute approximate surface area is 110 Å². The van der Waals surface area contributed by atoms with Crippen LogP contribution in [0.25, 0.3) is 0 Å². The third-order valence-corrected chi connectivity index (χ3v) is 3.21. The number of benzene rings is 1. The number of nitrogens with one attached hydrogen (secondary N) is 1. The molecule has 1 heterocycles. The second kappa shape index (κ2) is 6.02. The zero-order valence-electron chi connectivity index (χ0n) is 9.89. The summed E-state index contributed by atoms with van der Waals surface area (Å²) in [6, 6.07) is 4.61. The summed E-state index contributed by atoms with van der Waals surface area (Å²) in [4.78, 5) is 10.4. The molecule has 0 radical (unpaired) electrons. The molecule has 98 valence electrons. The van der Waals surface area contributed by atoms with Gasteiger partial charge in [-0.25, -0.2) is 0 Å². The Balaban J connectivity index is 2.03. The predicted molar refractivity (Wildman–Crippen MR) is 69.2 cm³/mol. The van der Waals surface area contributed by atoms with Crippen LogP contribution in [0.5, 0.6) is 5.75 Å². The lowest BCUT2D eigenvalue weighted by Crippen LogP contribution is -2.38. The average Bonchev–Trinajstić information content (AvgIpc) is 2.37. The highest BCUT2D eigenvalue weighted by Gasteiger charge is 2.18. The molecule has 0 aliphatic carbocycles. The fourth-order valence-electron chi connectivity index (χ4n) is 2.01. The fourth-order valence-corrected chi connectivity index (χ4v) is 2.17. The summed E-state index contributed by atoms with van der Waals surface area (Å²) in [6.07, 6.45) is 3.38. The maximum Gasteiger partial charge on any atom is 0.311 e. The maximum absolute atomic E-state index is 10.9. The second-order valence-corrected chi connectivity index (χ2v) is 4.76. The van der Waals surface area contributed by atoms with Gasteiger partial charge in [-0.05, 0) is 25.5 Å². The Morgan fingerprint density at radius 2 is 2.33 bits per heavy atom. The van der Waals surface area contributed by atoms with Crippen LogP contribution in [0.4, 0.5) is 5.69 Å². The Morgan fingerprint density at radius 3 is 3.00 bits per heavy atom. The van der Waals surface area contributed by atoms with E-state index in [-0.39, 0.29) is 17.5 Å². The first kappa shape index (κ1) is 13.1. The van der Waals surface area contributed by atoms with E-state index in [1.807, 2.05) is 0 Å². The van der Waals surface area contributed by atoms with Crippen LogP contribution >= 0.6 is 11.6 Å². The van der Waals surface area contributed by atoms with Crippen molar-refractivity contribution in [3.8, 4) is 5.75 Å². The summed E-state index contributed by atoms with van der Waals surface area (Å²) >= 11 is 5.82. The quantitative estimate of drug-likeness (QED) is 0.675. The first-order valence-corrected chi connectivity index (χ1v) is 6.35. The standard InChI is InChI=1S/C12H15ClN2O3/c13-9-4-5-11(15(16)17)12(7-9)18-8-10-3-1-2-6-14-10/h4-5,7,10,14H,1-3,6,8H2. The molecule has 18 heavy (non-hydrogen) atoms. The molecule has 0 amide bonds. The average molecular weight is 271 g/mol. The molecule has 0 spiro atoms. The van der Waals surface area contributed by atoms with E-state index >= 15 is 0 Å². The number of ether oxygens (including phenoxy) is 1. The van der Waals surface area contributed by atoms with Crippen molar-refractivity contribution in [1.29, 1.82) is 0 Å². The number of hydrogen-bond donors (Lipinski definition) is 1. The molecule has 1 aromatic carbocycles. The van der Waals surface area contributed by atoms with E-state index < -0.39 is 4.92 Å².